The van der Waals surface area contributed by atoms with Gasteiger partial charge in [0.15, 0.2) is 23.2 Å². The molecule has 3 heterocycles. The average molecular weight is 741 g/mol. The Bertz CT molecular complexity index is 3390. The summed E-state index contributed by atoms with van der Waals surface area (Å²) >= 11 is 0. The van der Waals surface area contributed by atoms with Gasteiger partial charge in [-0.1, -0.05) is 152 Å². The summed E-state index contributed by atoms with van der Waals surface area (Å²) in [6, 6.07) is 67.2. The van der Waals surface area contributed by atoms with Crippen molar-refractivity contribution in [3.63, 3.8) is 0 Å². The molecule has 0 N–H and O–H groups in total. The van der Waals surface area contributed by atoms with Crippen molar-refractivity contribution < 1.29 is 0 Å². The maximum absolute atomic E-state index is 7.46. The van der Waals surface area contributed by atoms with Crippen LogP contribution in [0.25, 0.3) is 105 Å². The van der Waals surface area contributed by atoms with Crippen LogP contribution in [0.1, 0.15) is 0 Å². The third kappa shape index (κ3) is 5.45. The minimum Gasteiger partial charge on any atom is -0.309 e. The molecule has 0 aliphatic carbocycles. The van der Waals surface area contributed by atoms with E-state index in [2.05, 4.69) is 147 Å². The van der Waals surface area contributed by atoms with Gasteiger partial charge in [0.25, 0.3) is 0 Å². The quantitative estimate of drug-likeness (QED) is 0.160. The highest BCUT2D eigenvalue weighted by Crippen LogP contribution is 2.40. The lowest BCUT2D eigenvalue weighted by Gasteiger charge is -2.15. The molecule has 0 aliphatic heterocycles. The first-order valence-electron chi connectivity index (χ1n) is 19.2. The summed E-state index contributed by atoms with van der Waals surface area (Å²) < 4.78 is 4.75. The minimum absolute atomic E-state index is 0.543. The molecule has 0 saturated heterocycles. The number of fused-ring (bicyclic) bond motifs is 6. The molecule has 58 heavy (non-hydrogen) atoms. The zero-order valence-corrected chi connectivity index (χ0v) is 31.2. The topological polar surface area (TPSA) is 52.9 Å². The van der Waals surface area contributed by atoms with Crippen molar-refractivity contribution >= 4 is 49.3 Å². The first-order chi connectivity index (χ1) is 28.7. The molecule has 6 nitrogen and oxygen atoms in total. The lowest BCUT2D eigenvalue weighted by Crippen LogP contribution is -2.03. The lowest BCUT2D eigenvalue weighted by molar-refractivity contribution is 1.06. The van der Waals surface area contributed by atoms with Gasteiger partial charge >= 0.3 is 0 Å². The van der Waals surface area contributed by atoms with Crippen LogP contribution in [0.3, 0.4) is 0 Å². The summed E-state index contributed by atoms with van der Waals surface area (Å²) in [5.74, 6) is 1.68. The fourth-order valence-electron chi connectivity index (χ4n) is 8.30. The van der Waals surface area contributed by atoms with Crippen LogP contribution in [0.4, 0.5) is 5.69 Å². The number of aromatic nitrogens is 5. The molecular weight excluding hydrogens is 709 g/mol. The summed E-state index contributed by atoms with van der Waals surface area (Å²) in [5.41, 5.74) is 12.0. The second-order valence-electron chi connectivity index (χ2n) is 14.4. The third-order valence-electron chi connectivity index (χ3n) is 11.0. The van der Waals surface area contributed by atoms with E-state index in [-0.39, 0.29) is 0 Å². The van der Waals surface area contributed by atoms with Gasteiger partial charge in [-0.25, -0.2) is 19.8 Å². The molecule has 6 heteroatoms. The summed E-state index contributed by atoms with van der Waals surface area (Å²) in [6.45, 7) is 7.46. The Labute approximate surface area is 334 Å². The van der Waals surface area contributed by atoms with Crippen molar-refractivity contribution in [3.05, 3.63) is 206 Å². The number of hydrogen-bond donors (Lipinski definition) is 0. The molecule has 0 saturated carbocycles. The van der Waals surface area contributed by atoms with Crippen molar-refractivity contribution in [1.29, 1.82) is 0 Å². The molecule has 0 radical (unpaired) electrons. The Morgan fingerprint density at radius 3 is 1.55 bits per heavy atom. The van der Waals surface area contributed by atoms with Gasteiger partial charge in [-0.3, -0.25) is 0 Å². The smallest absolute Gasteiger partial charge is 0.187 e. The molecule has 0 atom stereocenters. The Hall–Kier alpha value is -8.14. The minimum atomic E-state index is 0.543. The van der Waals surface area contributed by atoms with Crippen LogP contribution in [0.5, 0.6) is 0 Å². The molecular formula is C52H32N6. The van der Waals surface area contributed by atoms with Crippen LogP contribution in [0.2, 0.25) is 0 Å². The van der Waals surface area contributed by atoms with E-state index < -0.39 is 0 Å². The van der Waals surface area contributed by atoms with Crippen LogP contribution in [0, 0.1) is 6.57 Å². The zero-order chi connectivity index (χ0) is 38.6. The molecule has 270 valence electrons. The SMILES string of the molecule is [C-]#[N+]c1ccc(-c2nc(-c3ccccc3)nc(-c3ccccc3-n3c4ccccc4c4ccc(-n5c6ccccc6c6ccc(-c7ccccc7)cc65)cc43)n2)cc1. The van der Waals surface area contributed by atoms with E-state index in [4.69, 9.17) is 21.5 Å². The van der Waals surface area contributed by atoms with E-state index >= 15 is 0 Å². The molecule has 3 aromatic heterocycles. The van der Waals surface area contributed by atoms with E-state index in [1.54, 1.807) is 12.1 Å². The Kier molecular flexibility index (Phi) is 7.76. The van der Waals surface area contributed by atoms with Crippen LogP contribution >= 0.6 is 0 Å². The zero-order valence-electron chi connectivity index (χ0n) is 31.2. The molecule has 8 aromatic carbocycles. The maximum Gasteiger partial charge on any atom is 0.187 e. The number of para-hydroxylation sites is 3. The Morgan fingerprint density at radius 1 is 0.362 bits per heavy atom. The highest BCUT2D eigenvalue weighted by Gasteiger charge is 2.21. The first-order valence-corrected chi connectivity index (χ1v) is 19.2. The van der Waals surface area contributed by atoms with Crippen LogP contribution in [0.15, 0.2) is 194 Å². The monoisotopic (exact) mass is 740 g/mol. The van der Waals surface area contributed by atoms with Gasteiger partial charge in [0.05, 0.1) is 34.3 Å². The van der Waals surface area contributed by atoms with Crippen LogP contribution in [-0.4, -0.2) is 24.1 Å². The van der Waals surface area contributed by atoms with Gasteiger partial charge in [0.1, 0.15) is 0 Å². The van der Waals surface area contributed by atoms with Gasteiger partial charge in [-0.15, -0.1) is 0 Å². The van der Waals surface area contributed by atoms with Crippen molar-refractivity contribution in [2.75, 3.05) is 0 Å². The molecule has 0 fully saturated rings. The van der Waals surface area contributed by atoms with Gasteiger partial charge in [0.2, 0.25) is 0 Å². The molecule has 0 amide bonds. The van der Waals surface area contributed by atoms with E-state index in [0.29, 0.717) is 23.2 Å². The van der Waals surface area contributed by atoms with Gasteiger partial charge in [0, 0.05) is 43.9 Å². The van der Waals surface area contributed by atoms with Crippen molar-refractivity contribution in [3.8, 4) is 56.7 Å². The summed E-state index contributed by atoms with van der Waals surface area (Å²) in [5, 5.41) is 4.74. The molecule has 0 aliphatic rings. The molecule has 0 unspecified atom stereocenters. The number of benzene rings is 8. The fraction of sp³-hybridized carbons (Fsp3) is 0. The van der Waals surface area contributed by atoms with Crippen LogP contribution in [-0.2, 0) is 0 Å². The second-order valence-corrected chi connectivity index (χ2v) is 14.4. The highest BCUT2D eigenvalue weighted by molar-refractivity contribution is 6.12. The largest absolute Gasteiger partial charge is 0.309 e. The van der Waals surface area contributed by atoms with Crippen molar-refractivity contribution in [2.45, 2.75) is 0 Å². The fourth-order valence-corrected chi connectivity index (χ4v) is 8.30. The lowest BCUT2D eigenvalue weighted by atomic mass is 10.0. The van der Waals surface area contributed by atoms with E-state index in [1.165, 1.54) is 21.9 Å². The van der Waals surface area contributed by atoms with Crippen LogP contribution < -0.4 is 0 Å². The molecule has 0 bridgehead atoms. The van der Waals surface area contributed by atoms with Crippen molar-refractivity contribution in [2.24, 2.45) is 0 Å². The summed E-state index contributed by atoms with van der Waals surface area (Å²) in [7, 11) is 0. The van der Waals surface area contributed by atoms with Crippen molar-refractivity contribution in [1.82, 2.24) is 24.1 Å². The normalized spacial score (nSPS) is 11.4. The highest BCUT2D eigenvalue weighted by atomic mass is 15.1. The molecule has 11 rings (SSSR count). The maximum atomic E-state index is 7.46. The number of nitrogens with zero attached hydrogens (tertiary/aromatic N) is 6. The number of rotatable bonds is 6. The predicted octanol–water partition coefficient (Wildman–Crippen LogP) is 13.3. The average Bonchev–Trinajstić information content (AvgIpc) is 3.81. The molecule has 0 spiro atoms. The Balaban J connectivity index is 1.16. The Morgan fingerprint density at radius 2 is 0.862 bits per heavy atom. The number of hydrogen-bond acceptors (Lipinski definition) is 3. The van der Waals surface area contributed by atoms with E-state index in [9.17, 15) is 0 Å². The first kappa shape index (κ1) is 33.2. The summed E-state index contributed by atoms with van der Waals surface area (Å²) in [6.07, 6.45) is 0. The second kappa shape index (κ2) is 13.6. The predicted molar refractivity (Wildman–Crippen MR) is 237 cm³/mol. The molecule has 11 aromatic rings. The van der Waals surface area contributed by atoms with Gasteiger partial charge < -0.3 is 9.13 Å². The standard InChI is InChI=1S/C52H32N6/c1-53-38-27-24-36(25-28-38)51-54-50(35-16-6-3-7-17-35)55-52(56-51)44-20-10-13-23-47(44)58-46-22-12-9-19-41(46)43-31-29-39(33-49(43)58)57-45-21-11-8-18-40(45)42-30-26-37(32-48(42)57)34-14-4-2-5-15-34/h2-33H. The van der Waals surface area contributed by atoms with E-state index in [0.717, 1.165) is 60.9 Å². The van der Waals surface area contributed by atoms with Gasteiger partial charge in [-0.2, -0.15) is 0 Å². The summed E-state index contributed by atoms with van der Waals surface area (Å²) in [4.78, 5) is 18.8. The van der Waals surface area contributed by atoms with E-state index in [1.807, 2.05) is 48.5 Å². The third-order valence-corrected chi connectivity index (χ3v) is 11.0. The van der Waals surface area contributed by atoms with Gasteiger partial charge in [-0.05, 0) is 53.6 Å².